The predicted octanol–water partition coefficient (Wildman–Crippen LogP) is 3.98. The van der Waals surface area contributed by atoms with Gasteiger partial charge >= 0.3 is 0 Å². The van der Waals surface area contributed by atoms with Gasteiger partial charge in [0.25, 0.3) is 0 Å². The Labute approximate surface area is 113 Å². The molecule has 0 amide bonds. The van der Waals surface area contributed by atoms with Gasteiger partial charge in [-0.05, 0) is 16.7 Å². The Morgan fingerprint density at radius 2 is 1.58 bits per heavy atom. The molecule has 1 heteroatoms. The smallest absolute Gasteiger partial charge is 0.135 e. The largest absolute Gasteiger partial charge is 0.300 e. The average Bonchev–Trinajstić information content (AvgIpc) is 2.44. The number of ketones is 1. The molecule has 94 valence electrons. The summed E-state index contributed by atoms with van der Waals surface area (Å²) in [5, 5.41) is 0. The number of hydrogen-bond acceptors (Lipinski definition) is 1. The minimum absolute atomic E-state index is 0.150. The van der Waals surface area contributed by atoms with Crippen LogP contribution in [0, 0.1) is 0 Å². The molecule has 1 aliphatic rings. The van der Waals surface area contributed by atoms with E-state index in [-0.39, 0.29) is 5.41 Å². The van der Waals surface area contributed by atoms with E-state index in [2.05, 4.69) is 30.8 Å². The van der Waals surface area contributed by atoms with Crippen LogP contribution in [0.2, 0.25) is 0 Å². The van der Waals surface area contributed by atoms with Crippen LogP contribution in [0.15, 0.2) is 61.2 Å². The standard InChI is InChI=1S/C18H16O/c1-2-14-8-6-7-11-17(14)18(12-16(19)13-18)15-9-4-3-5-10-15/h2-11H,1,12-13H2. The third-order valence-electron chi connectivity index (χ3n) is 4.02. The lowest BCUT2D eigenvalue weighted by Crippen LogP contribution is -2.43. The van der Waals surface area contributed by atoms with Gasteiger partial charge in [0.2, 0.25) is 0 Å². The first kappa shape index (κ1) is 11.9. The first-order valence-corrected chi connectivity index (χ1v) is 6.55. The molecule has 2 aromatic rings. The van der Waals surface area contributed by atoms with E-state index in [0.717, 1.165) is 5.56 Å². The quantitative estimate of drug-likeness (QED) is 0.803. The molecule has 0 unspecified atom stereocenters. The van der Waals surface area contributed by atoms with Gasteiger partial charge in [0.05, 0.1) is 0 Å². The minimum atomic E-state index is -0.150. The fourth-order valence-electron chi connectivity index (χ4n) is 3.04. The molecule has 0 bridgehead atoms. The second-order valence-corrected chi connectivity index (χ2v) is 5.13. The van der Waals surface area contributed by atoms with Gasteiger partial charge in [0.15, 0.2) is 0 Å². The van der Waals surface area contributed by atoms with Crippen molar-refractivity contribution in [1.29, 1.82) is 0 Å². The molecule has 0 atom stereocenters. The van der Waals surface area contributed by atoms with Crippen molar-refractivity contribution >= 4 is 11.9 Å². The van der Waals surface area contributed by atoms with Gasteiger partial charge in [-0.2, -0.15) is 0 Å². The van der Waals surface area contributed by atoms with Crippen molar-refractivity contribution in [3.8, 4) is 0 Å². The summed E-state index contributed by atoms with van der Waals surface area (Å²) < 4.78 is 0. The summed E-state index contributed by atoms with van der Waals surface area (Å²) in [6.07, 6.45) is 3.08. The van der Waals surface area contributed by atoms with E-state index < -0.39 is 0 Å². The fourth-order valence-corrected chi connectivity index (χ4v) is 3.04. The summed E-state index contributed by atoms with van der Waals surface area (Å²) >= 11 is 0. The highest BCUT2D eigenvalue weighted by molar-refractivity contribution is 5.91. The zero-order valence-corrected chi connectivity index (χ0v) is 10.8. The molecule has 1 nitrogen and oxygen atoms in total. The van der Waals surface area contributed by atoms with Crippen LogP contribution in [0.4, 0.5) is 0 Å². The van der Waals surface area contributed by atoms with Gasteiger partial charge in [-0.15, -0.1) is 0 Å². The van der Waals surface area contributed by atoms with Crippen molar-refractivity contribution in [3.05, 3.63) is 77.9 Å². The van der Waals surface area contributed by atoms with E-state index in [4.69, 9.17) is 0 Å². The SMILES string of the molecule is C=Cc1ccccc1C1(c2ccccc2)CC(=O)C1. The molecule has 19 heavy (non-hydrogen) atoms. The molecule has 0 aromatic heterocycles. The molecular weight excluding hydrogens is 232 g/mol. The maximum Gasteiger partial charge on any atom is 0.135 e. The summed E-state index contributed by atoms with van der Waals surface area (Å²) in [5.41, 5.74) is 3.42. The number of carbonyl (C=O) groups is 1. The van der Waals surface area contributed by atoms with Crippen LogP contribution in [-0.2, 0) is 10.2 Å². The van der Waals surface area contributed by atoms with Crippen LogP contribution >= 0.6 is 0 Å². The lowest BCUT2D eigenvalue weighted by Gasteiger charge is -2.42. The van der Waals surface area contributed by atoms with E-state index in [0.29, 0.717) is 18.6 Å². The van der Waals surface area contributed by atoms with Crippen molar-refractivity contribution in [2.75, 3.05) is 0 Å². The normalized spacial score (nSPS) is 16.7. The van der Waals surface area contributed by atoms with E-state index in [1.807, 2.05) is 36.4 Å². The molecule has 0 saturated heterocycles. The van der Waals surface area contributed by atoms with Crippen LogP contribution in [0.1, 0.15) is 29.5 Å². The number of rotatable bonds is 3. The molecule has 3 rings (SSSR count). The lowest BCUT2D eigenvalue weighted by atomic mass is 9.59. The molecule has 1 saturated carbocycles. The van der Waals surface area contributed by atoms with E-state index in [1.165, 1.54) is 11.1 Å². The van der Waals surface area contributed by atoms with Crippen LogP contribution in [0.3, 0.4) is 0 Å². The molecule has 1 aliphatic carbocycles. The Hall–Kier alpha value is -2.15. The van der Waals surface area contributed by atoms with Crippen LogP contribution in [-0.4, -0.2) is 5.78 Å². The Bertz CT molecular complexity index is 617. The van der Waals surface area contributed by atoms with E-state index >= 15 is 0 Å². The maximum atomic E-state index is 11.6. The number of carbonyl (C=O) groups excluding carboxylic acids is 1. The lowest BCUT2D eigenvalue weighted by molar-refractivity contribution is -0.127. The molecule has 0 N–H and O–H groups in total. The molecule has 0 spiro atoms. The molecular formula is C18H16O. The van der Waals surface area contributed by atoms with E-state index in [9.17, 15) is 4.79 Å². The van der Waals surface area contributed by atoms with Crippen molar-refractivity contribution in [2.24, 2.45) is 0 Å². The molecule has 0 aliphatic heterocycles. The third-order valence-corrected chi connectivity index (χ3v) is 4.02. The highest BCUT2D eigenvalue weighted by atomic mass is 16.1. The summed E-state index contributed by atoms with van der Waals surface area (Å²) in [6.45, 7) is 3.89. The van der Waals surface area contributed by atoms with Gasteiger partial charge in [-0.25, -0.2) is 0 Å². The summed E-state index contributed by atoms with van der Waals surface area (Å²) in [4.78, 5) is 11.6. The van der Waals surface area contributed by atoms with Gasteiger partial charge in [0, 0.05) is 18.3 Å². The second-order valence-electron chi connectivity index (χ2n) is 5.13. The van der Waals surface area contributed by atoms with E-state index in [1.54, 1.807) is 0 Å². The highest BCUT2D eigenvalue weighted by Gasteiger charge is 2.46. The number of benzene rings is 2. The predicted molar refractivity (Wildman–Crippen MR) is 78.0 cm³/mol. The highest BCUT2D eigenvalue weighted by Crippen LogP contribution is 2.48. The first-order chi connectivity index (χ1) is 9.26. The molecule has 0 heterocycles. The summed E-state index contributed by atoms with van der Waals surface area (Å²) in [7, 11) is 0. The Kier molecular flexibility index (Phi) is 2.83. The second kappa shape index (κ2) is 4.51. The number of hydrogen-bond donors (Lipinski definition) is 0. The Balaban J connectivity index is 2.17. The molecule has 0 radical (unpaired) electrons. The van der Waals surface area contributed by atoms with Crippen molar-refractivity contribution in [1.82, 2.24) is 0 Å². The topological polar surface area (TPSA) is 17.1 Å². The van der Waals surface area contributed by atoms with Gasteiger partial charge in [0.1, 0.15) is 5.78 Å². The maximum absolute atomic E-state index is 11.6. The minimum Gasteiger partial charge on any atom is -0.300 e. The van der Waals surface area contributed by atoms with Crippen LogP contribution in [0.5, 0.6) is 0 Å². The zero-order valence-electron chi connectivity index (χ0n) is 10.8. The van der Waals surface area contributed by atoms with Gasteiger partial charge in [-0.3, -0.25) is 4.79 Å². The van der Waals surface area contributed by atoms with Gasteiger partial charge in [-0.1, -0.05) is 67.3 Å². The van der Waals surface area contributed by atoms with Gasteiger partial charge < -0.3 is 0 Å². The Morgan fingerprint density at radius 3 is 2.21 bits per heavy atom. The zero-order chi connectivity index (χ0) is 13.3. The average molecular weight is 248 g/mol. The molecule has 2 aromatic carbocycles. The van der Waals surface area contributed by atoms with Crippen LogP contribution in [0.25, 0.3) is 6.08 Å². The number of Topliss-reactive ketones (excluding diaryl/α,β-unsaturated/α-hetero) is 1. The van der Waals surface area contributed by atoms with Crippen LogP contribution < -0.4 is 0 Å². The van der Waals surface area contributed by atoms with Crippen molar-refractivity contribution < 1.29 is 4.79 Å². The monoisotopic (exact) mass is 248 g/mol. The third kappa shape index (κ3) is 1.82. The summed E-state index contributed by atoms with van der Waals surface area (Å²) in [6, 6.07) is 18.6. The summed E-state index contributed by atoms with van der Waals surface area (Å²) in [5.74, 6) is 0.336. The first-order valence-electron chi connectivity index (χ1n) is 6.55. The fraction of sp³-hybridized carbons (Fsp3) is 0.167. The van der Waals surface area contributed by atoms with Crippen molar-refractivity contribution in [3.63, 3.8) is 0 Å². The Morgan fingerprint density at radius 1 is 0.947 bits per heavy atom. The molecule has 1 fully saturated rings. The van der Waals surface area contributed by atoms with Crippen molar-refractivity contribution in [2.45, 2.75) is 18.3 Å².